The predicted octanol–water partition coefficient (Wildman–Crippen LogP) is 1.53. The Balaban J connectivity index is 2.93. The lowest BCUT2D eigenvalue weighted by Gasteiger charge is -2.04. The van der Waals surface area contributed by atoms with E-state index in [1.165, 1.54) is 6.20 Å². The molecule has 0 aliphatic heterocycles. The number of primary amides is 1. The minimum atomic E-state index is -0.609. The van der Waals surface area contributed by atoms with E-state index in [0.29, 0.717) is 10.8 Å². The molecule has 0 fully saturated rings. The zero-order valence-corrected chi connectivity index (χ0v) is 7.22. The Hall–Kier alpha value is -1.29. The maximum Gasteiger partial charge on any atom is 0.316 e. The molecule has 5 heteroatoms. The van der Waals surface area contributed by atoms with E-state index >= 15 is 0 Å². The Bertz CT molecular complexity index is 314. The van der Waals surface area contributed by atoms with E-state index < -0.39 is 6.03 Å². The van der Waals surface area contributed by atoms with Crippen molar-refractivity contribution >= 4 is 23.3 Å². The molecule has 0 saturated carbocycles. The molecule has 0 spiro atoms. The van der Waals surface area contributed by atoms with Crippen LogP contribution in [0.4, 0.5) is 10.5 Å². The van der Waals surface area contributed by atoms with Crippen molar-refractivity contribution in [2.75, 3.05) is 5.32 Å². The number of carbonyl (C=O) groups is 1. The Labute approximate surface area is 74.7 Å². The number of carbonyl (C=O) groups excluding carboxylic acids is 1. The summed E-state index contributed by atoms with van der Waals surface area (Å²) in [6.07, 6.45) is 1.46. The van der Waals surface area contributed by atoms with Gasteiger partial charge in [-0.05, 0) is 18.6 Å². The summed E-state index contributed by atoms with van der Waals surface area (Å²) >= 11 is 5.60. The van der Waals surface area contributed by atoms with Crippen molar-refractivity contribution in [2.24, 2.45) is 5.73 Å². The van der Waals surface area contributed by atoms with Gasteiger partial charge in [0.15, 0.2) is 0 Å². The molecule has 1 aromatic rings. The molecule has 0 radical (unpaired) electrons. The second-order valence-electron chi connectivity index (χ2n) is 2.31. The van der Waals surface area contributed by atoms with E-state index in [4.69, 9.17) is 17.3 Å². The van der Waals surface area contributed by atoms with Crippen LogP contribution >= 0.6 is 11.6 Å². The molecule has 0 unspecified atom stereocenters. The van der Waals surface area contributed by atoms with Crippen LogP contribution in [0.3, 0.4) is 0 Å². The minimum Gasteiger partial charge on any atom is -0.351 e. The van der Waals surface area contributed by atoms with Crippen LogP contribution in [0.2, 0.25) is 5.15 Å². The van der Waals surface area contributed by atoms with Crippen LogP contribution < -0.4 is 11.1 Å². The lowest BCUT2D eigenvalue weighted by Crippen LogP contribution is -2.19. The first-order valence-electron chi connectivity index (χ1n) is 3.28. The molecular weight excluding hydrogens is 178 g/mol. The number of hydrogen-bond acceptors (Lipinski definition) is 2. The highest BCUT2D eigenvalue weighted by atomic mass is 35.5. The van der Waals surface area contributed by atoms with E-state index in [1.807, 2.05) is 0 Å². The first-order valence-corrected chi connectivity index (χ1v) is 3.66. The molecule has 0 atom stereocenters. The molecule has 0 bridgehead atoms. The predicted molar refractivity (Wildman–Crippen MR) is 47.2 cm³/mol. The minimum absolute atomic E-state index is 0.391. The quantitative estimate of drug-likeness (QED) is 0.652. The Morgan fingerprint density at radius 2 is 2.42 bits per heavy atom. The van der Waals surface area contributed by atoms with Crippen molar-refractivity contribution < 1.29 is 4.79 Å². The highest BCUT2D eigenvalue weighted by Gasteiger charge is 2.01. The van der Waals surface area contributed by atoms with E-state index in [-0.39, 0.29) is 0 Å². The lowest BCUT2D eigenvalue weighted by molar-refractivity contribution is 0.259. The molecule has 4 nitrogen and oxygen atoms in total. The molecule has 0 aliphatic rings. The summed E-state index contributed by atoms with van der Waals surface area (Å²) in [5, 5.41) is 2.81. The van der Waals surface area contributed by atoms with Crippen molar-refractivity contribution in [3.05, 3.63) is 23.0 Å². The Morgan fingerprint density at radius 3 is 2.92 bits per heavy atom. The van der Waals surface area contributed by atoms with Crippen molar-refractivity contribution in [3.8, 4) is 0 Å². The number of pyridine rings is 1. The maximum absolute atomic E-state index is 10.5. The maximum atomic E-state index is 10.5. The van der Waals surface area contributed by atoms with E-state index in [9.17, 15) is 4.79 Å². The number of urea groups is 1. The number of nitrogens with two attached hydrogens (primary N) is 1. The van der Waals surface area contributed by atoms with Gasteiger partial charge in [-0.1, -0.05) is 11.6 Å². The highest BCUT2D eigenvalue weighted by molar-refractivity contribution is 6.29. The van der Waals surface area contributed by atoms with Crippen molar-refractivity contribution in [1.29, 1.82) is 0 Å². The molecule has 0 aromatic carbocycles. The van der Waals surface area contributed by atoms with Gasteiger partial charge < -0.3 is 11.1 Å². The highest BCUT2D eigenvalue weighted by Crippen LogP contribution is 2.15. The first-order chi connectivity index (χ1) is 5.59. The molecular formula is C7H8ClN3O. The Morgan fingerprint density at radius 1 is 1.75 bits per heavy atom. The standard InChI is InChI=1S/C7H8ClN3O/c1-4-2-6(8)10-3-5(4)11-7(9)12/h2-3H,1H3,(H3,9,11,12). The molecule has 2 amide bonds. The largest absolute Gasteiger partial charge is 0.351 e. The molecule has 64 valence electrons. The van der Waals surface area contributed by atoms with E-state index in [0.717, 1.165) is 5.56 Å². The van der Waals surface area contributed by atoms with Crippen LogP contribution in [0.15, 0.2) is 12.3 Å². The lowest BCUT2D eigenvalue weighted by atomic mass is 10.2. The number of hydrogen-bond donors (Lipinski definition) is 2. The number of anilines is 1. The fourth-order valence-corrected chi connectivity index (χ4v) is 0.998. The normalized spacial score (nSPS) is 9.50. The third-order valence-corrected chi connectivity index (χ3v) is 1.54. The summed E-state index contributed by atoms with van der Waals surface area (Å²) in [7, 11) is 0. The molecule has 1 aromatic heterocycles. The van der Waals surface area contributed by atoms with Gasteiger partial charge >= 0.3 is 6.03 Å². The molecule has 1 rings (SSSR count). The SMILES string of the molecule is Cc1cc(Cl)ncc1NC(N)=O. The summed E-state index contributed by atoms with van der Waals surface area (Å²) in [6, 6.07) is 1.04. The van der Waals surface area contributed by atoms with Gasteiger partial charge in [0.05, 0.1) is 11.9 Å². The number of aryl methyl sites for hydroxylation is 1. The van der Waals surface area contributed by atoms with Gasteiger partial charge in [-0.15, -0.1) is 0 Å². The molecule has 3 N–H and O–H groups in total. The fourth-order valence-electron chi connectivity index (χ4n) is 0.785. The molecule has 12 heavy (non-hydrogen) atoms. The van der Waals surface area contributed by atoms with Gasteiger partial charge in [-0.25, -0.2) is 9.78 Å². The summed E-state index contributed by atoms with van der Waals surface area (Å²) in [5.41, 5.74) is 6.32. The van der Waals surface area contributed by atoms with Crippen molar-refractivity contribution in [3.63, 3.8) is 0 Å². The molecule has 1 heterocycles. The van der Waals surface area contributed by atoms with Crippen LogP contribution in [-0.2, 0) is 0 Å². The topological polar surface area (TPSA) is 68.0 Å². The van der Waals surface area contributed by atoms with Crippen molar-refractivity contribution in [2.45, 2.75) is 6.92 Å². The molecule has 0 aliphatic carbocycles. The third-order valence-electron chi connectivity index (χ3n) is 1.34. The number of amides is 2. The van der Waals surface area contributed by atoms with Gasteiger partial charge in [-0.3, -0.25) is 0 Å². The number of rotatable bonds is 1. The summed E-state index contributed by atoms with van der Waals surface area (Å²) < 4.78 is 0. The van der Waals surface area contributed by atoms with Crippen LogP contribution in [0.5, 0.6) is 0 Å². The third kappa shape index (κ3) is 2.10. The van der Waals surface area contributed by atoms with Gasteiger partial charge in [0.2, 0.25) is 0 Å². The van der Waals surface area contributed by atoms with E-state index in [2.05, 4.69) is 10.3 Å². The number of nitrogens with zero attached hydrogens (tertiary/aromatic N) is 1. The second kappa shape index (κ2) is 3.40. The Kier molecular flexibility index (Phi) is 2.50. The van der Waals surface area contributed by atoms with Crippen molar-refractivity contribution in [1.82, 2.24) is 4.98 Å². The van der Waals surface area contributed by atoms with Crippen LogP contribution in [0.25, 0.3) is 0 Å². The summed E-state index contributed by atoms with van der Waals surface area (Å²) in [5.74, 6) is 0. The average molecular weight is 186 g/mol. The monoisotopic (exact) mass is 185 g/mol. The summed E-state index contributed by atoms with van der Waals surface area (Å²) in [4.78, 5) is 14.2. The van der Waals surface area contributed by atoms with Gasteiger partial charge in [-0.2, -0.15) is 0 Å². The van der Waals surface area contributed by atoms with Crippen LogP contribution in [0.1, 0.15) is 5.56 Å². The smallest absolute Gasteiger partial charge is 0.316 e. The average Bonchev–Trinajstić information content (AvgIpc) is 1.94. The molecule has 0 saturated heterocycles. The van der Waals surface area contributed by atoms with Crippen LogP contribution in [0, 0.1) is 6.92 Å². The zero-order valence-electron chi connectivity index (χ0n) is 6.47. The van der Waals surface area contributed by atoms with Crippen LogP contribution in [-0.4, -0.2) is 11.0 Å². The summed E-state index contributed by atoms with van der Waals surface area (Å²) in [6.45, 7) is 1.80. The second-order valence-corrected chi connectivity index (χ2v) is 2.70. The van der Waals surface area contributed by atoms with E-state index in [1.54, 1.807) is 13.0 Å². The number of halogens is 1. The zero-order chi connectivity index (χ0) is 9.14. The first kappa shape index (κ1) is 8.80. The van der Waals surface area contributed by atoms with Gasteiger partial charge in [0.25, 0.3) is 0 Å². The number of nitrogens with one attached hydrogen (secondary N) is 1. The number of aromatic nitrogens is 1. The van der Waals surface area contributed by atoms with Gasteiger partial charge in [0.1, 0.15) is 5.15 Å². The van der Waals surface area contributed by atoms with Gasteiger partial charge in [0, 0.05) is 0 Å². The fraction of sp³-hybridized carbons (Fsp3) is 0.143.